The van der Waals surface area contributed by atoms with Crippen molar-refractivity contribution in [2.24, 2.45) is 0 Å². The van der Waals surface area contributed by atoms with Gasteiger partial charge in [0.05, 0.1) is 5.52 Å². The van der Waals surface area contributed by atoms with Crippen LogP contribution in [0.5, 0.6) is 0 Å². The van der Waals surface area contributed by atoms with Crippen LogP contribution in [0.3, 0.4) is 0 Å². The van der Waals surface area contributed by atoms with Gasteiger partial charge in [0.2, 0.25) is 0 Å². The van der Waals surface area contributed by atoms with E-state index in [0.717, 1.165) is 16.7 Å². The number of anilines is 2. The van der Waals surface area contributed by atoms with Gasteiger partial charge in [-0.05, 0) is 24.3 Å². The molecule has 5 heteroatoms. The Labute approximate surface area is 122 Å². The fourth-order valence-electron chi connectivity index (χ4n) is 2.32. The Balaban J connectivity index is 2.00. The highest BCUT2D eigenvalue weighted by molar-refractivity contribution is 5.91. The van der Waals surface area contributed by atoms with Crippen LogP contribution in [0.1, 0.15) is 5.56 Å². The molecule has 0 fully saturated rings. The molecule has 3 aromatic rings. The molecule has 106 valence electrons. The first kappa shape index (κ1) is 13.3. The van der Waals surface area contributed by atoms with Crippen molar-refractivity contribution >= 4 is 22.4 Å². The fraction of sp³-hybridized carbons (Fsp3) is 0.125. The number of aromatic nitrogens is 2. The number of nitrogen functional groups attached to an aromatic ring is 1. The molecule has 1 aromatic heterocycles. The summed E-state index contributed by atoms with van der Waals surface area (Å²) in [5.74, 6) is 0.512. The minimum Gasteiger partial charge on any atom is -0.399 e. The molecule has 0 aliphatic heterocycles. The van der Waals surface area contributed by atoms with Crippen molar-refractivity contribution in [3.8, 4) is 0 Å². The zero-order chi connectivity index (χ0) is 14.8. The molecule has 2 aromatic carbocycles. The quantitative estimate of drug-likeness (QED) is 0.750. The molecule has 0 bridgehead atoms. The first-order chi connectivity index (χ1) is 10.1. The molecule has 0 amide bonds. The lowest BCUT2D eigenvalue weighted by Crippen LogP contribution is -2.19. The standard InChI is InChI=1S/C16H15FN4/c1-21(9-11-4-2-3-5-14(11)17)16-13-8-12(18)6-7-15(13)19-10-20-16/h2-8,10H,9,18H2,1H3. The number of nitrogens with two attached hydrogens (primary N) is 1. The number of halogens is 1. The average Bonchev–Trinajstić information content (AvgIpc) is 2.49. The van der Waals surface area contributed by atoms with E-state index in [1.54, 1.807) is 18.2 Å². The van der Waals surface area contributed by atoms with Crippen LogP contribution in [0.4, 0.5) is 15.9 Å². The number of fused-ring (bicyclic) bond motifs is 1. The second-order valence-corrected chi connectivity index (χ2v) is 4.92. The zero-order valence-electron chi connectivity index (χ0n) is 11.6. The topological polar surface area (TPSA) is 55.0 Å². The summed E-state index contributed by atoms with van der Waals surface area (Å²) in [5, 5.41) is 0.858. The molecule has 0 radical (unpaired) electrons. The van der Waals surface area contributed by atoms with Gasteiger partial charge in [-0.25, -0.2) is 14.4 Å². The molecule has 0 aliphatic carbocycles. The van der Waals surface area contributed by atoms with E-state index in [4.69, 9.17) is 5.73 Å². The smallest absolute Gasteiger partial charge is 0.139 e. The Morgan fingerprint density at radius 2 is 1.95 bits per heavy atom. The van der Waals surface area contributed by atoms with Gasteiger partial charge in [0.1, 0.15) is 18.0 Å². The third-order valence-corrected chi connectivity index (χ3v) is 3.37. The summed E-state index contributed by atoms with van der Waals surface area (Å²) in [6.45, 7) is 0.424. The Bertz CT molecular complexity index is 788. The summed E-state index contributed by atoms with van der Waals surface area (Å²) in [6.07, 6.45) is 1.51. The zero-order valence-corrected chi connectivity index (χ0v) is 11.6. The SMILES string of the molecule is CN(Cc1ccccc1F)c1ncnc2ccc(N)cc12. The summed E-state index contributed by atoms with van der Waals surface area (Å²) < 4.78 is 13.8. The van der Waals surface area contributed by atoms with Gasteiger partial charge in [-0.3, -0.25) is 0 Å². The first-order valence-corrected chi connectivity index (χ1v) is 6.60. The summed E-state index contributed by atoms with van der Waals surface area (Å²) in [5.41, 5.74) is 7.92. The van der Waals surface area contributed by atoms with Crippen LogP contribution in [0, 0.1) is 5.82 Å². The van der Waals surface area contributed by atoms with Crippen LogP contribution in [0.15, 0.2) is 48.8 Å². The lowest BCUT2D eigenvalue weighted by molar-refractivity contribution is 0.607. The number of hydrogen-bond donors (Lipinski definition) is 1. The van der Waals surface area contributed by atoms with Crippen molar-refractivity contribution in [2.75, 3.05) is 17.7 Å². The largest absolute Gasteiger partial charge is 0.399 e. The summed E-state index contributed by atoms with van der Waals surface area (Å²) in [7, 11) is 1.87. The highest BCUT2D eigenvalue weighted by Crippen LogP contribution is 2.25. The molecular formula is C16H15FN4. The molecule has 0 unspecified atom stereocenters. The van der Waals surface area contributed by atoms with Gasteiger partial charge in [0, 0.05) is 30.2 Å². The van der Waals surface area contributed by atoms with Gasteiger partial charge < -0.3 is 10.6 Å². The molecule has 4 nitrogen and oxygen atoms in total. The summed E-state index contributed by atoms with van der Waals surface area (Å²) >= 11 is 0. The lowest BCUT2D eigenvalue weighted by Gasteiger charge is -2.20. The van der Waals surface area contributed by atoms with E-state index < -0.39 is 0 Å². The second-order valence-electron chi connectivity index (χ2n) is 4.92. The highest BCUT2D eigenvalue weighted by atomic mass is 19.1. The Hall–Kier alpha value is -2.69. The molecule has 0 saturated heterocycles. The maximum atomic E-state index is 13.8. The van der Waals surface area contributed by atoms with Gasteiger partial charge in [-0.15, -0.1) is 0 Å². The average molecular weight is 282 g/mol. The summed E-state index contributed by atoms with van der Waals surface area (Å²) in [6, 6.07) is 12.2. The summed E-state index contributed by atoms with van der Waals surface area (Å²) in [4.78, 5) is 10.4. The van der Waals surface area contributed by atoms with Crippen LogP contribution in [0.2, 0.25) is 0 Å². The van der Waals surface area contributed by atoms with Crippen LogP contribution >= 0.6 is 0 Å². The molecule has 1 heterocycles. The van der Waals surface area contributed by atoms with Crippen molar-refractivity contribution in [3.05, 3.63) is 60.2 Å². The fourth-order valence-corrected chi connectivity index (χ4v) is 2.32. The first-order valence-electron chi connectivity index (χ1n) is 6.60. The Morgan fingerprint density at radius 1 is 1.14 bits per heavy atom. The van der Waals surface area contributed by atoms with E-state index in [1.165, 1.54) is 12.4 Å². The third-order valence-electron chi connectivity index (χ3n) is 3.37. The number of hydrogen-bond acceptors (Lipinski definition) is 4. The molecule has 0 aliphatic rings. The highest BCUT2D eigenvalue weighted by Gasteiger charge is 2.11. The lowest BCUT2D eigenvalue weighted by atomic mass is 10.1. The van der Waals surface area contributed by atoms with Gasteiger partial charge in [-0.1, -0.05) is 18.2 Å². The third kappa shape index (κ3) is 2.63. The van der Waals surface area contributed by atoms with E-state index in [1.807, 2.05) is 30.1 Å². The van der Waals surface area contributed by atoms with Crippen LogP contribution in [-0.2, 0) is 6.54 Å². The van der Waals surface area contributed by atoms with Crippen molar-refractivity contribution in [3.63, 3.8) is 0 Å². The molecule has 21 heavy (non-hydrogen) atoms. The minimum atomic E-state index is -0.220. The maximum absolute atomic E-state index is 13.8. The van der Waals surface area contributed by atoms with Crippen molar-refractivity contribution in [2.45, 2.75) is 6.54 Å². The van der Waals surface area contributed by atoms with E-state index in [2.05, 4.69) is 9.97 Å². The van der Waals surface area contributed by atoms with E-state index in [0.29, 0.717) is 17.8 Å². The van der Waals surface area contributed by atoms with Crippen molar-refractivity contribution < 1.29 is 4.39 Å². The molecule has 0 atom stereocenters. The van der Waals surface area contributed by atoms with Gasteiger partial charge in [0.15, 0.2) is 0 Å². The number of rotatable bonds is 3. The molecular weight excluding hydrogens is 267 g/mol. The van der Waals surface area contributed by atoms with E-state index in [9.17, 15) is 4.39 Å². The predicted octanol–water partition coefficient (Wildman–Crippen LogP) is 2.99. The second kappa shape index (κ2) is 5.36. The molecule has 0 saturated carbocycles. The van der Waals surface area contributed by atoms with Crippen LogP contribution in [-0.4, -0.2) is 17.0 Å². The Morgan fingerprint density at radius 3 is 2.76 bits per heavy atom. The number of nitrogens with zero attached hydrogens (tertiary/aromatic N) is 3. The molecule has 0 spiro atoms. The van der Waals surface area contributed by atoms with Crippen molar-refractivity contribution in [1.82, 2.24) is 9.97 Å². The number of benzene rings is 2. The monoisotopic (exact) mass is 282 g/mol. The van der Waals surface area contributed by atoms with E-state index in [-0.39, 0.29) is 5.82 Å². The van der Waals surface area contributed by atoms with E-state index >= 15 is 0 Å². The maximum Gasteiger partial charge on any atom is 0.139 e. The van der Waals surface area contributed by atoms with Gasteiger partial charge >= 0.3 is 0 Å². The Kier molecular flexibility index (Phi) is 3.39. The molecule has 2 N–H and O–H groups in total. The van der Waals surface area contributed by atoms with Gasteiger partial charge in [-0.2, -0.15) is 0 Å². The predicted molar refractivity (Wildman–Crippen MR) is 82.5 cm³/mol. The van der Waals surface area contributed by atoms with Gasteiger partial charge in [0.25, 0.3) is 0 Å². The molecule has 3 rings (SSSR count). The minimum absolute atomic E-state index is 0.220. The normalized spacial score (nSPS) is 10.8. The van der Waals surface area contributed by atoms with Crippen LogP contribution in [0.25, 0.3) is 10.9 Å². The van der Waals surface area contributed by atoms with Crippen LogP contribution < -0.4 is 10.6 Å². The van der Waals surface area contributed by atoms with Crippen molar-refractivity contribution in [1.29, 1.82) is 0 Å².